The molecule has 0 atom stereocenters. The SMILES string of the molecule is CCCNCCCN1CC=C(C(C)(C)C)CC1. The van der Waals surface area contributed by atoms with Gasteiger partial charge in [0.05, 0.1) is 0 Å². The largest absolute Gasteiger partial charge is 0.317 e. The summed E-state index contributed by atoms with van der Waals surface area (Å²) in [6.45, 7) is 15.2. The van der Waals surface area contributed by atoms with Crippen LogP contribution in [0.4, 0.5) is 0 Å². The minimum Gasteiger partial charge on any atom is -0.317 e. The van der Waals surface area contributed by atoms with Crippen LogP contribution in [-0.4, -0.2) is 37.6 Å². The number of hydrogen-bond acceptors (Lipinski definition) is 2. The van der Waals surface area contributed by atoms with Gasteiger partial charge in [-0.1, -0.05) is 39.3 Å². The molecule has 0 radical (unpaired) electrons. The molecule has 17 heavy (non-hydrogen) atoms. The lowest BCUT2D eigenvalue weighted by Crippen LogP contribution is -2.33. The molecule has 100 valence electrons. The topological polar surface area (TPSA) is 15.3 Å². The molecule has 0 amide bonds. The average Bonchev–Trinajstić information content (AvgIpc) is 2.28. The van der Waals surface area contributed by atoms with E-state index in [1.807, 2.05) is 0 Å². The molecule has 1 rings (SSSR count). The molecule has 0 unspecified atom stereocenters. The molecular formula is C15H30N2. The van der Waals surface area contributed by atoms with Gasteiger partial charge in [-0.05, 0) is 44.3 Å². The molecule has 0 aromatic rings. The van der Waals surface area contributed by atoms with Crippen molar-refractivity contribution in [1.29, 1.82) is 0 Å². The van der Waals surface area contributed by atoms with Crippen LogP contribution in [-0.2, 0) is 0 Å². The van der Waals surface area contributed by atoms with Crippen molar-refractivity contribution >= 4 is 0 Å². The van der Waals surface area contributed by atoms with Crippen molar-refractivity contribution in [3.63, 3.8) is 0 Å². The smallest absolute Gasteiger partial charge is 0.0166 e. The van der Waals surface area contributed by atoms with E-state index in [1.165, 1.54) is 38.9 Å². The highest BCUT2D eigenvalue weighted by atomic mass is 15.1. The molecule has 2 heteroatoms. The van der Waals surface area contributed by atoms with Gasteiger partial charge in [0.15, 0.2) is 0 Å². The van der Waals surface area contributed by atoms with Crippen LogP contribution in [0.5, 0.6) is 0 Å². The molecule has 1 heterocycles. The van der Waals surface area contributed by atoms with E-state index in [1.54, 1.807) is 5.57 Å². The number of nitrogens with zero attached hydrogens (tertiary/aromatic N) is 1. The van der Waals surface area contributed by atoms with E-state index in [0.29, 0.717) is 5.41 Å². The number of nitrogens with one attached hydrogen (secondary N) is 1. The fraction of sp³-hybridized carbons (Fsp3) is 0.867. The second kappa shape index (κ2) is 7.17. The monoisotopic (exact) mass is 238 g/mol. The van der Waals surface area contributed by atoms with Crippen LogP contribution in [0.15, 0.2) is 11.6 Å². The Balaban J connectivity index is 2.17. The molecule has 0 aromatic heterocycles. The highest BCUT2D eigenvalue weighted by molar-refractivity contribution is 5.14. The van der Waals surface area contributed by atoms with Gasteiger partial charge in [0.25, 0.3) is 0 Å². The second-order valence-electron chi connectivity index (χ2n) is 6.13. The van der Waals surface area contributed by atoms with Crippen LogP contribution in [0.2, 0.25) is 0 Å². The third-order valence-corrected chi connectivity index (χ3v) is 3.51. The van der Waals surface area contributed by atoms with E-state index in [-0.39, 0.29) is 0 Å². The molecule has 0 fully saturated rings. The summed E-state index contributed by atoms with van der Waals surface area (Å²) in [4.78, 5) is 2.57. The van der Waals surface area contributed by atoms with E-state index in [9.17, 15) is 0 Å². The first-order chi connectivity index (χ1) is 8.04. The Morgan fingerprint density at radius 1 is 1.29 bits per heavy atom. The highest BCUT2D eigenvalue weighted by Gasteiger charge is 2.20. The average molecular weight is 238 g/mol. The third kappa shape index (κ3) is 5.69. The Hall–Kier alpha value is -0.340. The molecule has 0 bridgehead atoms. The van der Waals surface area contributed by atoms with E-state index in [2.05, 4.69) is 44.0 Å². The fourth-order valence-corrected chi connectivity index (χ4v) is 2.32. The zero-order valence-corrected chi connectivity index (χ0v) is 12.2. The molecule has 1 aliphatic heterocycles. The maximum Gasteiger partial charge on any atom is 0.0166 e. The van der Waals surface area contributed by atoms with Crippen molar-refractivity contribution in [1.82, 2.24) is 10.2 Å². The Kier molecular flexibility index (Phi) is 6.21. The zero-order valence-electron chi connectivity index (χ0n) is 12.2. The molecular weight excluding hydrogens is 208 g/mol. The lowest BCUT2D eigenvalue weighted by Gasteiger charge is -2.32. The molecule has 0 aliphatic carbocycles. The van der Waals surface area contributed by atoms with Gasteiger partial charge in [0.1, 0.15) is 0 Å². The summed E-state index contributed by atoms with van der Waals surface area (Å²) in [5.41, 5.74) is 2.01. The van der Waals surface area contributed by atoms with Gasteiger partial charge in [-0.3, -0.25) is 4.90 Å². The summed E-state index contributed by atoms with van der Waals surface area (Å²) in [5, 5.41) is 3.47. The van der Waals surface area contributed by atoms with Crippen LogP contribution in [0.25, 0.3) is 0 Å². The van der Waals surface area contributed by atoms with Gasteiger partial charge >= 0.3 is 0 Å². The summed E-state index contributed by atoms with van der Waals surface area (Å²) < 4.78 is 0. The van der Waals surface area contributed by atoms with Gasteiger partial charge < -0.3 is 5.32 Å². The van der Waals surface area contributed by atoms with E-state index < -0.39 is 0 Å². The van der Waals surface area contributed by atoms with Crippen LogP contribution in [0.1, 0.15) is 47.0 Å². The number of rotatable bonds is 6. The van der Waals surface area contributed by atoms with Gasteiger partial charge in [0.2, 0.25) is 0 Å². The standard InChI is InChI=1S/C15H30N2/c1-5-9-16-10-6-11-17-12-7-14(8-13-17)15(2,3)4/h7,16H,5-6,8-13H2,1-4H3. The van der Waals surface area contributed by atoms with Crippen molar-refractivity contribution in [2.75, 3.05) is 32.7 Å². The Labute approximate surface area is 107 Å². The lowest BCUT2D eigenvalue weighted by molar-refractivity contribution is 0.274. The normalized spacial score (nSPS) is 18.2. The van der Waals surface area contributed by atoms with Crippen LogP contribution >= 0.6 is 0 Å². The molecule has 0 spiro atoms. The van der Waals surface area contributed by atoms with Crippen molar-refractivity contribution in [3.05, 3.63) is 11.6 Å². The highest BCUT2D eigenvalue weighted by Crippen LogP contribution is 2.29. The molecule has 1 N–H and O–H groups in total. The van der Waals surface area contributed by atoms with Crippen LogP contribution in [0, 0.1) is 5.41 Å². The lowest BCUT2D eigenvalue weighted by atomic mass is 9.83. The summed E-state index contributed by atoms with van der Waals surface area (Å²) in [6, 6.07) is 0. The van der Waals surface area contributed by atoms with E-state index in [0.717, 1.165) is 13.1 Å². The quantitative estimate of drug-likeness (QED) is 0.565. The maximum absolute atomic E-state index is 3.47. The molecule has 0 aromatic carbocycles. The first kappa shape index (κ1) is 14.7. The van der Waals surface area contributed by atoms with Crippen molar-refractivity contribution in [2.24, 2.45) is 5.41 Å². The minimum absolute atomic E-state index is 0.370. The van der Waals surface area contributed by atoms with Gasteiger partial charge in [-0.2, -0.15) is 0 Å². The first-order valence-corrected chi connectivity index (χ1v) is 7.16. The molecule has 2 nitrogen and oxygen atoms in total. The number of hydrogen-bond donors (Lipinski definition) is 1. The van der Waals surface area contributed by atoms with Crippen molar-refractivity contribution in [2.45, 2.75) is 47.0 Å². The van der Waals surface area contributed by atoms with Crippen LogP contribution in [0.3, 0.4) is 0 Å². The third-order valence-electron chi connectivity index (χ3n) is 3.51. The summed E-state index contributed by atoms with van der Waals surface area (Å²) in [7, 11) is 0. The van der Waals surface area contributed by atoms with Gasteiger partial charge in [-0.25, -0.2) is 0 Å². The maximum atomic E-state index is 3.47. The van der Waals surface area contributed by atoms with Crippen molar-refractivity contribution < 1.29 is 0 Å². The van der Waals surface area contributed by atoms with Crippen molar-refractivity contribution in [3.8, 4) is 0 Å². The predicted octanol–water partition coefficient (Wildman–Crippen LogP) is 3.05. The second-order valence-corrected chi connectivity index (χ2v) is 6.13. The Bertz CT molecular complexity index is 238. The van der Waals surface area contributed by atoms with Crippen LogP contribution < -0.4 is 5.32 Å². The van der Waals surface area contributed by atoms with E-state index in [4.69, 9.17) is 0 Å². The van der Waals surface area contributed by atoms with Gasteiger partial charge in [0, 0.05) is 13.1 Å². The Morgan fingerprint density at radius 2 is 2.06 bits per heavy atom. The first-order valence-electron chi connectivity index (χ1n) is 7.16. The zero-order chi connectivity index (χ0) is 12.7. The Morgan fingerprint density at radius 3 is 2.59 bits per heavy atom. The summed E-state index contributed by atoms with van der Waals surface area (Å²) >= 11 is 0. The van der Waals surface area contributed by atoms with Gasteiger partial charge in [-0.15, -0.1) is 0 Å². The molecule has 0 saturated carbocycles. The summed E-state index contributed by atoms with van der Waals surface area (Å²) in [5.74, 6) is 0. The molecule has 1 aliphatic rings. The van der Waals surface area contributed by atoms with E-state index >= 15 is 0 Å². The minimum atomic E-state index is 0.370. The summed E-state index contributed by atoms with van der Waals surface area (Å²) in [6.07, 6.45) is 6.22. The fourth-order valence-electron chi connectivity index (χ4n) is 2.32. The molecule has 0 saturated heterocycles. The predicted molar refractivity (Wildman–Crippen MR) is 76.4 cm³/mol.